The van der Waals surface area contributed by atoms with E-state index < -0.39 is 0 Å². The van der Waals surface area contributed by atoms with Crippen molar-refractivity contribution >= 4 is 17.7 Å². The lowest BCUT2D eigenvalue weighted by Gasteiger charge is -2.29. The Balaban J connectivity index is 1.73. The highest BCUT2D eigenvalue weighted by molar-refractivity contribution is 7.99. The van der Waals surface area contributed by atoms with Gasteiger partial charge >= 0.3 is 0 Å². The summed E-state index contributed by atoms with van der Waals surface area (Å²) in [5.74, 6) is 1.32. The molecule has 2 nitrogen and oxygen atoms in total. The van der Waals surface area contributed by atoms with Gasteiger partial charge in [-0.1, -0.05) is 24.6 Å². The van der Waals surface area contributed by atoms with Crippen molar-refractivity contribution in [3.63, 3.8) is 0 Å². The Hall–Kier alpha value is -0.960. The van der Waals surface area contributed by atoms with Gasteiger partial charge in [0.25, 0.3) is 0 Å². The molecule has 0 aromatic heterocycles. The molecule has 2 bridgehead atoms. The Bertz CT molecular complexity index is 447. The average molecular weight is 261 g/mol. The lowest BCUT2D eigenvalue weighted by Crippen LogP contribution is -2.34. The van der Waals surface area contributed by atoms with E-state index in [1.807, 2.05) is 29.8 Å². The molecule has 1 saturated heterocycles. The SMILES string of the molecule is CN1C(=O)C2(CSc3ccccc3)CCCC1C2. The molecule has 1 saturated carbocycles. The first-order chi connectivity index (χ1) is 8.71. The van der Waals surface area contributed by atoms with E-state index in [9.17, 15) is 4.79 Å². The summed E-state index contributed by atoms with van der Waals surface area (Å²) in [5, 5.41) is 0. The predicted octanol–water partition coefficient (Wildman–Crippen LogP) is 3.18. The van der Waals surface area contributed by atoms with Crippen LogP contribution in [0, 0.1) is 5.41 Å². The summed E-state index contributed by atoms with van der Waals surface area (Å²) in [7, 11) is 1.98. The molecule has 0 N–H and O–H groups in total. The zero-order valence-electron chi connectivity index (χ0n) is 10.8. The second-order valence-electron chi connectivity index (χ2n) is 5.55. The van der Waals surface area contributed by atoms with Gasteiger partial charge < -0.3 is 4.90 Å². The Labute approximate surface area is 113 Å². The molecule has 1 aliphatic carbocycles. The van der Waals surface area contributed by atoms with Crippen molar-refractivity contribution < 1.29 is 4.79 Å². The van der Waals surface area contributed by atoms with E-state index in [0.29, 0.717) is 11.9 Å². The van der Waals surface area contributed by atoms with Crippen molar-refractivity contribution in [3.05, 3.63) is 30.3 Å². The number of hydrogen-bond donors (Lipinski definition) is 0. The first-order valence-corrected chi connectivity index (χ1v) is 7.65. The lowest BCUT2D eigenvalue weighted by atomic mass is 9.77. The second-order valence-corrected chi connectivity index (χ2v) is 6.60. The maximum atomic E-state index is 12.4. The van der Waals surface area contributed by atoms with E-state index in [0.717, 1.165) is 18.6 Å². The van der Waals surface area contributed by atoms with Crippen LogP contribution in [0.3, 0.4) is 0 Å². The van der Waals surface area contributed by atoms with Crippen molar-refractivity contribution in [2.24, 2.45) is 5.41 Å². The number of rotatable bonds is 3. The molecular formula is C15H19NOS. The zero-order chi connectivity index (χ0) is 12.6. The fourth-order valence-corrected chi connectivity index (χ4v) is 4.51. The molecule has 1 aromatic rings. The number of thioether (sulfide) groups is 1. The highest BCUT2D eigenvalue weighted by Gasteiger charge is 2.51. The van der Waals surface area contributed by atoms with Gasteiger partial charge in [-0.3, -0.25) is 4.79 Å². The summed E-state index contributed by atoms with van der Waals surface area (Å²) < 4.78 is 0. The number of carbonyl (C=O) groups is 1. The van der Waals surface area contributed by atoms with Crippen molar-refractivity contribution in [2.45, 2.75) is 36.6 Å². The number of carbonyl (C=O) groups excluding carboxylic acids is 1. The highest BCUT2D eigenvalue weighted by atomic mass is 32.2. The number of nitrogens with zero attached hydrogens (tertiary/aromatic N) is 1. The van der Waals surface area contributed by atoms with Gasteiger partial charge in [0.2, 0.25) is 5.91 Å². The lowest BCUT2D eigenvalue weighted by molar-refractivity contribution is -0.134. The van der Waals surface area contributed by atoms with Gasteiger partial charge in [0.15, 0.2) is 0 Å². The topological polar surface area (TPSA) is 20.3 Å². The van der Waals surface area contributed by atoms with Gasteiger partial charge in [-0.15, -0.1) is 11.8 Å². The maximum absolute atomic E-state index is 12.4. The van der Waals surface area contributed by atoms with Crippen LogP contribution in [0.1, 0.15) is 25.7 Å². The fourth-order valence-electron chi connectivity index (χ4n) is 3.33. The maximum Gasteiger partial charge on any atom is 0.229 e. The number of fused-ring (bicyclic) bond motifs is 2. The second kappa shape index (κ2) is 4.61. The fraction of sp³-hybridized carbons (Fsp3) is 0.533. The van der Waals surface area contributed by atoms with Crippen LogP contribution in [-0.2, 0) is 4.79 Å². The van der Waals surface area contributed by atoms with E-state index in [2.05, 4.69) is 24.3 Å². The molecule has 1 amide bonds. The Kier molecular flexibility index (Phi) is 3.10. The van der Waals surface area contributed by atoms with Crippen LogP contribution in [0.25, 0.3) is 0 Å². The minimum absolute atomic E-state index is 0.0713. The van der Waals surface area contributed by atoms with Gasteiger partial charge in [-0.05, 0) is 31.4 Å². The third-order valence-corrected chi connectivity index (χ3v) is 5.70. The van der Waals surface area contributed by atoms with Gasteiger partial charge in [-0.25, -0.2) is 0 Å². The van der Waals surface area contributed by atoms with Crippen molar-refractivity contribution in [2.75, 3.05) is 12.8 Å². The average Bonchev–Trinajstić information content (AvgIpc) is 2.60. The molecule has 2 aliphatic rings. The Morgan fingerprint density at radius 2 is 2.17 bits per heavy atom. The largest absolute Gasteiger partial charge is 0.342 e. The van der Waals surface area contributed by atoms with Crippen molar-refractivity contribution in [1.82, 2.24) is 4.90 Å². The highest BCUT2D eigenvalue weighted by Crippen LogP contribution is 2.48. The summed E-state index contributed by atoms with van der Waals surface area (Å²) in [4.78, 5) is 15.7. The van der Waals surface area contributed by atoms with Crippen LogP contribution in [-0.4, -0.2) is 29.6 Å². The van der Waals surface area contributed by atoms with Crippen LogP contribution >= 0.6 is 11.8 Å². The quantitative estimate of drug-likeness (QED) is 0.779. The number of amides is 1. The number of hydrogen-bond acceptors (Lipinski definition) is 2. The van der Waals surface area contributed by atoms with Crippen LogP contribution in [0.2, 0.25) is 0 Å². The van der Waals surface area contributed by atoms with E-state index in [-0.39, 0.29) is 5.41 Å². The van der Waals surface area contributed by atoms with E-state index >= 15 is 0 Å². The molecule has 0 spiro atoms. The number of likely N-dealkylation sites (tertiary alicyclic amines) is 1. The molecule has 3 rings (SSSR count). The first-order valence-electron chi connectivity index (χ1n) is 6.66. The van der Waals surface area contributed by atoms with Crippen LogP contribution in [0.5, 0.6) is 0 Å². The summed E-state index contributed by atoms with van der Waals surface area (Å²) in [5.41, 5.74) is -0.0713. The molecule has 18 heavy (non-hydrogen) atoms. The van der Waals surface area contributed by atoms with E-state index in [4.69, 9.17) is 0 Å². The van der Waals surface area contributed by atoms with Gasteiger partial charge in [0, 0.05) is 23.7 Å². The van der Waals surface area contributed by atoms with E-state index in [1.54, 1.807) is 0 Å². The normalized spacial score (nSPS) is 30.8. The molecule has 1 aromatic carbocycles. The molecule has 2 unspecified atom stereocenters. The molecule has 0 radical (unpaired) electrons. The predicted molar refractivity (Wildman–Crippen MR) is 74.6 cm³/mol. The Morgan fingerprint density at radius 3 is 2.94 bits per heavy atom. The third kappa shape index (κ3) is 1.95. The molecule has 1 aliphatic heterocycles. The minimum atomic E-state index is -0.0713. The standard InChI is InChI=1S/C15H19NOS/c1-16-12-6-5-9-15(10-12,14(16)17)11-18-13-7-3-2-4-8-13/h2-4,7-8,12H,5-6,9-11H2,1H3. The molecule has 1 heterocycles. The molecular weight excluding hydrogens is 242 g/mol. The van der Waals surface area contributed by atoms with Crippen molar-refractivity contribution in [1.29, 1.82) is 0 Å². The summed E-state index contributed by atoms with van der Waals surface area (Å²) in [6.07, 6.45) is 4.55. The Morgan fingerprint density at radius 1 is 1.39 bits per heavy atom. The minimum Gasteiger partial charge on any atom is -0.342 e. The molecule has 3 heteroatoms. The summed E-state index contributed by atoms with van der Waals surface area (Å²) in [6, 6.07) is 10.9. The third-order valence-electron chi connectivity index (χ3n) is 4.40. The number of benzene rings is 1. The first kappa shape index (κ1) is 12.1. The monoisotopic (exact) mass is 261 g/mol. The van der Waals surface area contributed by atoms with E-state index in [1.165, 1.54) is 17.7 Å². The van der Waals surface area contributed by atoms with Gasteiger partial charge in [-0.2, -0.15) is 0 Å². The van der Waals surface area contributed by atoms with Crippen molar-refractivity contribution in [3.8, 4) is 0 Å². The zero-order valence-corrected chi connectivity index (χ0v) is 11.6. The molecule has 2 atom stereocenters. The van der Waals surface area contributed by atoms with Crippen LogP contribution < -0.4 is 0 Å². The van der Waals surface area contributed by atoms with Crippen LogP contribution in [0.15, 0.2) is 35.2 Å². The smallest absolute Gasteiger partial charge is 0.229 e. The summed E-state index contributed by atoms with van der Waals surface area (Å²) in [6.45, 7) is 0. The van der Waals surface area contributed by atoms with Crippen LogP contribution in [0.4, 0.5) is 0 Å². The van der Waals surface area contributed by atoms with Gasteiger partial charge in [0.1, 0.15) is 0 Å². The molecule has 2 fully saturated rings. The van der Waals surface area contributed by atoms with Gasteiger partial charge in [0.05, 0.1) is 5.41 Å². The summed E-state index contributed by atoms with van der Waals surface area (Å²) >= 11 is 1.84. The molecule has 96 valence electrons.